The predicted octanol–water partition coefficient (Wildman–Crippen LogP) is 1.72. The molecule has 2 aliphatic heterocycles. The molecule has 2 saturated heterocycles. The maximum atomic E-state index is 12.7. The van der Waals surface area contributed by atoms with Crippen LogP contribution in [0.25, 0.3) is 5.65 Å². The highest BCUT2D eigenvalue weighted by Gasteiger charge is 2.51. The van der Waals surface area contributed by atoms with Crippen molar-refractivity contribution >= 4 is 11.7 Å². The molecule has 2 fully saturated rings. The molecule has 26 heavy (non-hydrogen) atoms. The minimum Gasteiger partial charge on any atom is -0.444 e. The van der Waals surface area contributed by atoms with Crippen LogP contribution in [0.3, 0.4) is 0 Å². The summed E-state index contributed by atoms with van der Waals surface area (Å²) in [6.45, 7) is 6.30. The second-order valence-corrected chi connectivity index (χ2v) is 8.11. The lowest BCUT2D eigenvalue weighted by Gasteiger charge is -2.50. The van der Waals surface area contributed by atoms with Crippen LogP contribution in [0, 0.1) is 0 Å². The molecule has 4 rings (SSSR count). The molecular weight excluding hydrogens is 336 g/mol. The number of hydrogen-bond acceptors (Lipinski definition) is 6. The molecule has 0 aromatic carbocycles. The fourth-order valence-electron chi connectivity index (χ4n) is 3.94. The third kappa shape index (κ3) is 2.93. The Labute approximate surface area is 151 Å². The Morgan fingerprint density at radius 1 is 1.35 bits per heavy atom. The summed E-state index contributed by atoms with van der Waals surface area (Å²) in [7, 11) is 0. The lowest BCUT2D eigenvalue weighted by Crippen LogP contribution is -2.63. The van der Waals surface area contributed by atoms with Gasteiger partial charge in [-0.3, -0.25) is 4.90 Å². The van der Waals surface area contributed by atoms with Gasteiger partial charge in [0, 0.05) is 19.0 Å². The van der Waals surface area contributed by atoms with Crippen LogP contribution in [-0.4, -0.2) is 61.6 Å². The number of hydrogen-bond donors (Lipinski definition) is 1. The van der Waals surface area contributed by atoms with E-state index >= 15 is 0 Å². The number of carbonyl (C=O) groups is 1. The van der Waals surface area contributed by atoms with Crippen LogP contribution in [0.5, 0.6) is 0 Å². The van der Waals surface area contributed by atoms with Gasteiger partial charge in [0.25, 0.3) is 0 Å². The first-order chi connectivity index (χ1) is 12.3. The summed E-state index contributed by atoms with van der Waals surface area (Å²) < 4.78 is 12.9. The zero-order valence-corrected chi connectivity index (χ0v) is 15.3. The first-order valence-electron chi connectivity index (χ1n) is 8.87. The average Bonchev–Trinajstić information content (AvgIpc) is 2.97. The highest BCUT2D eigenvalue weighted by atomic mass is 16.6. The van der Waals surface area contributed by atoms with E-state index in [1.54, 1.807) is 21.8 Å². The molecule has 0 spiro atoms. The highest BCUT2D eigenvalue weighted by Crippen LogP contribution is 2.41. The molecular formula is C18H24N4O4. The summed E-state index contributed by atoms with van der Waals surface area (Å²) in [4.78, 5) is 18.7. The van der Waals surface area contributed by atoms with Gasteiger partial charge < -0.3 is 14.6 Å². The molecule has 1 N–H and O–H groups in total. The molecule has 8 nitrogen and oxygen atoms in total. The summed E-state index contributed by atoms with van der Waals surface area (Å²) >= 11 is 0. The molecule has 0 aliphatic carbocycles. The lowest BCUT2D eigenvalue weighted by molar-refractivity contribution is -0.143. The van der Waals surface area contributed by atoms with E-state index in [9.17, 15) is 9.90 Å². The van der Waals surface area contributed by atoms with Gasteiger partial charge in [0.1, 0.15) is 11.2 Å². The van der Waals surface area contributed by atoms with Gasteiger partial charge in [-0.05, 0) is 32.9 Å². The maximum absolute atomic E-state index is 12.7. The first-order valence-corrected chi connectivity index (χ1v) is 8.87. The number of carbonyl (C=O) groups excluding carboxylic acids is 1. The van der Waals surface area contributed by atoms with E-state index in [4.69, 9.17) is 9.47 Å². The molecule has 2 aliphatic rings. The molecule has 8 heteroatoms. The van der Waals surface area contributed by atoms with Crippen molar-refractivity contribution in [2.75, 3.05) is 13.2 Å². The van der Waals surface area contributed by atoms with Crippen molar-refractivity contribution in [2.45, 2.75) is 56.9 Å². The van der Waals surface area contributed by atoms with Crippen molar-refractivity contribution in [3.05, 3.63) is 30.2 Å². The maximum Gasteiger partial charge on any atom is 0.410 e. The number of nitrogens with zero attached hydrogens (tertiary/aromatic N) is 4. The minimum atomic E-state index is -1.12. The number of aliphatic hydroxyl groups is 1. The third-order valence-electron chi connectivity index (χ3n) is 4.91. The van der Waals surface area contributed by atoms with Crippen LogP contribution in [-0.2, 0) is 15.1 Å². The third-order valence-corrected chi connectivity index (χ3v) is 4.91. The Bertz CT molecular complexity index is 814. The number of rotatable bonds is 1. The zero-order chi connectivity index (χ0) is 18.5. The van der Waals surface area contributed by atoms with Gasteiger partial charge in [-0.25, -0.2) is 14.3 Å². The normalized spacial score (nSPS) is 29.0. The molecule has 140 valence electrons. The fourth-order valence-corrected chi connectivity index (χ4v) is 3.94. The fraction of sp³-hybridized carbons (Fsp3) is 0.611. The van der Waals surface area contributed by atoms with Crippen LogP contribution in [0.1, 0.15) is 39.3 Å². The van der Waals surface area contributed by atoms with E-state index in [-0.39, 0.29) is 18.2 Å². The first kappa shape index (κ1) is 17.2. The molecule has 2 aromatic rings. The van der Waals surface area contributed by atoms with Crippen molar-refractivity contribution in [1.82, 2.24) is 19.5 Å². The molecule has 0 saturated carbocycles. The molecule has 1 amide bonds. The van der Waals surface area contributed by atoms with Gasteiger partial charge in [-0.1, -0.05) is 0 Å². The SMILES string of the molecule is CC(C)(C)OC(=O)N1C2COCC1CC(O)(c1cnc3cccnn13)C2. The van der Waals surface area contributed by atoms with Gasteiger partial charge in [-0.2, -0.15) is 5.10 Å². The average molecular weight is 360 g/mol. The van der Waals surface area contributed by atoms with Gasteiger partial charge in [0.05, 0.1) is 37.2 Å². The standard InChI is InChI=1S/C18H24N4O4/c1-17(2,3)26-16(23)21-12-7-18(24,8-13(21)11-25-10-12)14-9-19-15-5-4-6-20-22(14)15/h4-6,9,12-13,24H,7-8,10-11H2,1-3H3. The van der Waals surface area contributed by atoms with Crippen molar-refractivity contribution in [2.24, 2.45) is 0 Å². The lowest BCUT2D eigenvalue weighted by atomic mass is 9.79. The second kappa shape index (κ2) is 5.92. The summed E-state index contributed by atoms with van der Waals surface area (Å²) in [5.74, 6) is 0. The van der Waals surface area contributed by atoms with Gasteiger partial charge in [0.2, 0.25) is 0 Å². The minimum absolute atomic E-state index is 0.253. The van der Waals surface area contributed by atoms with Crippen LogP contribution >= 0.6 is 0 Å². The summed E-state index contributed by atoms with van der Waals surface area (Å²) in [5.41, 5.74) is -0.350. The number of fused-ring (bicyclic) bond motifs is 3. The molecule has 2 unspecified atom stereocenters. The Morgan fingerprint density at radius 2 is 2.04 bits per heavy atom. The monoisotopic (exact) mass is 360 g/mol. The van der Waals surface area contributed by atoms with Crippen molar-refractivity contribution < 1.29 is 19.4 Å². The van der Waals surface area contributed by atoms with E-state index in [1.165, 1.54) is 0 Å². The van der Waals surface area contributed by atoms with Crippen LogP contribution in [0.2, 0.25) is 0 Å². The Balaban J connectivity index is 1.64. The second-order valence-electron chi connectivity index (χ2n) is 8.11. The highest BCUT2D eigenvalue weighted by molar-refractivity contribution is 5.69. The van der Waals surface area contributed by atoms with E-state index in [0.29, 0.717) is 37.4 Å². The summed E-state index contributed by atoms with van der Waals surface area (Å²) in [5, 5.41) is 15.7. The van der Waals surface area contributed by atoms with Crippen LogP contribution in [0.4, 0.5) is 4.79 Å². The molecule has 0 radical (unpaired) electrons. The Hall–Kier alpha value is -2.19. The Morgan fingerprint density at radius 3 is 2.69 bits per heavy atom. The number of imidazole rings is 1. The van der Waals surface area contributed by atoms with Gasteiger partial charge in [-0.15, -0.1) is 0 Å². The van der Waals surface area contributed by atoms with E-state index in [0.717, 1.165) is 0 Å². The predicted molar refractivity (Wildman–Crippen MR) is 92.6 cm³/mol. The van der Waals surface area contributed by atoms with Gasteiger partial charge >= 0.3 is 6.09 Å². The van der Waals surface area contributed by atoms with Crippen LogP contribution < -0.4 is 0 Å². The number of piperidine rings is 1. The topological polar surface area (TPSA) is 89.2 Å². The summed E-state index contributed by atoms with van der Waals surface area (Å²) in [6.07, 6.45) is 3.69. The Kier molecular flexibility index (Phi) is 3.92. The zero-order valence-electron chi connectivity index (χ0n) is 15.3. The molecule has 2 atom stereocenters. The van der Waals surface area contributed by atoms with Gasteiger partial charge in [0.15, 0.2) is 5.65 Å². The molecule has 2 bridgehead atoms. The van der Waals surface area contributed by atoms with E-state index < -0.39 is 11.2 Å². The molecule has 4 heterocycles. The van der Waals surface area contributed by atoms with Crippen LogP contribution in [0.15, 0.2) is 24.5 Å². The van der Waals surface area contributed by atoms with Crippen molar-refractivity contribution in [1.29, 1.82) is 0 Å². The van der Waals surface area contributed by atoms with Crippen molar-refractivity contribution in [3.63, 3.8) is 0 Å². The largest absolute Gasteiger partial charge is 0.444 e. The van der Waals surface area contributed by atoms with E-state index in [2.05, 4.69) is 10.1 Å². The number of ether oxygens (including phenoxy) is 2. The van der Waals surface area contributed by atoms with Crippen molar-refractivity contribution in [3.8, 4) is 0 Å². The summed E-state index contributed by atoms with van der Waals surface area (Å²) in [6, 6.07) is 3.15. The quantitative estimate of drug-likeness (QED) is 0.833. The number of aromatic nitrogens is 3. The number of amides is 1. The smallest absolute Gasteiger partial charge is 0.410 e. The molecule has 2 aromatic heterocycles. The number of morpholine rings is 1. The van der Waals surface area contributed by atoms with E-state index in [1.807, 2.05) is 32.9 Å².